The summed E-state index contributed by atoms with van der Waals surface area (Å²) < 4.78 is 5.25. The van der Waals surface area contributed by atoms with E-state index in [0.29, 0.717) is 18.8 Å². The number of carboxylic acids is 1. The predicted octanol–water partition coefficient (Wildman–Crippen LogP) is 4.92. The lowest BCUT2D eigenvalue weighted by Gasteiger charge is -2.25. The first-order chi connectivity index (χ1) is 15.9. The number of rotatable bonds is 9. The van der Waals surface area contributed by atoms with Crippen LogP contribution in [0.1, 0.15) is 16.8 Å². The molecule has 4 aromatic rings. The van der Waals surface area contributed by atoms with Crippen molar-refractivity contribution < 1.29 is 19.6 Å². The van der Waals surface area contributed by atoms with Crippen LogP contribution < -0.4 is 9.64 Å². The molecule has 1 heterocycles. The predicted molar refractivity (Wildman–Crippen MR) is 126 cm³/mol. The summed E-state index contributed by atoms with van der Waals surface area (Å²) in [4.78, 5) is 27.2. The van der Waals surface area contributed by atoms with Gasteiger partial charge in [0.05, 0.1) is 18.5 Å². The summed E-state index contributed by atoms with van der Waals surface area (Å²) in [6.07, 6.45) is -0.0761. The van der Waals surface area contributed by atoms with Gasteiger partial charge in [-0.15, -0.1) is 0 Å². The van der Waals surface area contributed by atoms with Crippen LogP contribution in [0.5, 0.6) is 5.75 Å². The van der Waals surface area contributed by atoms with Crippen LogP contribution in [0.2, 0.25) is 0 Å². The number of methoxy groups -OCH3 is 1. The Morgan fingerprint density at radius 3 is 2.48 bits per heavy atom. The van der Waals surface area contributed by atoms with Crippen molar-refractivity contribution in [3.05, 3.63) is 99.7 Å². The Morgan fingerprint density at radius 1 is 1.03 bits per heavy atom. The summed E-state index contributed by atoms with van der Waals surface area (Å²) >= 11 is 0. The summed E-state index contributed by atoms with van der Waals surface area (Å²) in [7, 11) is 1.62. The van der Waals surface area contributed by atoms with Crippen molar-refractivity contribution >= 4 is 28.2 Å². The number of hydrogen-bond acceptors (Lipinski definition) is 5. The normalized spacial score (nSPS) is 10.8. The number of nitro benzene ring substituents is 1. The second-order valence-electron chi connectivity index (χ2n) is 7.77. The van der Waals surface area contributed by atoms with Crippen molar-refractivity contribution in [1.29, 1.82) is 0 Å². The topological polar surface area (TPSA) is 109 Å². The van der Waals surface area contributed by atoms with Crippen molar-refractivity contribution in [3.8, 4) is 5.75 Å². The number of carbonyl (C=O) groups is 1. The Balaban J connectivity index is 1.68. The lowest BCUT2D eigenvalue weighted by Crippen LogP contribution is -2.22. The van der Waals surface area contributed by atoms with Crippen molar-refractivity contribution in [2.75, 3.05) is 12.0 Å². The standard InChI is InChI=1S/C25H23N3O5/c1-33-23-8-5-17(6-9-23)15-27(16-18-3-2-4-22(11-18)28(31)32)21-7-10-24-19(13-21)12-20(26-24)14-25(29)30/h2-13,26H,14-16H2,1H3,(H,29,30). The largest absolute Gasteiger partial charge is 0.497 e. The molecular formula is C25H23N3O5. The number of hydrogen-bond donors (Lipinski definition) is 2. The van der Waals surface area contributed by atoms with Gasteiger partial charge >= 0.3 is 5.97 Å². The molecule has 0 amide bonds. The summed E-state index contributed by atoms with van der Waals surface area (Å²) in [5.74, 6) is -0.128. The molecule has 168 valence electrons. The Morgan fingerprint density at radius 2 is 1.79 bits per heavy atom. The van der Waals surface area contributed by atoms with Crippen molar-refractivity contribution in [1.82, 2.24) is 4.98 Å². The van der Waals surface area contributed by atoms with Gasteiger partial charge in [-0.1, -0.05) is 24.3 Å². The summed E-state index contributed by atoms with van der Waals surface area (Å²) in [5.41, 5.74) is 4.34. The first-order valence-electron chi connectivity index (χ1n) is 10.4. The second kappa shape index (κ2) is 9.44. The summed E-state index contributed by atoms with van der Waals surface area (Å²) in [5, 5.41) is 21.2. The molecule has 0 aliphatic carbocycles. The molecule has 8 heteroatoms. The van der Waals surface area contributed by atoms with Gasteiger partial charge < -0.3 is 19.7 Å². The molecule has 0 spiro atoms. The minimum absolute atomic E-state index is 0.0521. The van der Waals surface area contributed by atoms with Crippen LogP contribution in [0.25, 0.3) is 10.9 Å². The fraction of sp³-hybridized carbons (Fsp3) is 0.160. The summed E-state index contributed by atoms with van der Waals surface area (Å²) in [6.45, 7) is 1.04. The van der Waals surface area contributed by atoms with Gasteiger partial charge in [0.2, 0.25) is 0 Å². The second-order valence-corrected chi connectivity index (χ2v) is 7.77. The zero-order valence-electron chi connectivity index (χ0n) is 18.0. The number of aromatic nitrogens is 1. The lowest BCUT2D eigenvalue weighted by molar-refractivity contribution is -0.384. The summed E-state index contributed by atoms with van der Waals surface area (Å²) in [6, 6.07) is 22.1. The molecule has 0 unspecified atom stereocenters. The van der Waals surface area contributed by atoms with E-state index in [1.54, 1.807) is 19.2 Å². The van der Waals surface area contributed by atoms with Gasteiger partial charge in [-0.25, -0.2) is 0 Å². The lowest BCUT2D eigenvalue weighted by atomic mass is 10.1. The number of aliphatic carboxylic acids is 1. The molecule has 0 aliphatic rings. The highest BCUT2D eigenvalue weighted by molar-refractivity contribution is 5.85. The molecule has 0 saturated heterocycles. The molecule has 3 aromatic carbocycles. The molecule has 0 atom stereocenters. The zero-order chi connectivity index (χ0) is 23.4. The molecule has 0 radical (unpaired) electrons. The third-order valence-corrected chi connectivity index (χ3v) is 5.39. The minimum Gasteiger partial charge on any atom is -0.497 e. The molecule has 1 aromatic heterocycles. The number of non-ortho nitro benzene ring substituents is 1. The maximum atomic E-state index is 11.2. The first-order valence-corrected chi connectivity index (χ1v) is 10.4. The van der Waals surface area contributed by atoms with E-state index in [1.807, 2.05) is 54.6 Å². The van der Waals surface area contributed by atoms with Gasteiger partial charge in [0.15, 0.2) is 0 Å². The molecular weight excluding hydrogens is 422 g/mol. The van der Waals surface area contributed by atoms with Crippen molar-refractivity contribution in [2.24, 2.45) is 0 Å². The Labute approximate surface area is 190 Å². The third-order valence-electron chi connectivity index (χ3n) is 5.39. The number of ether oxygens (including phenoxy) is 1. The third kappa shape index (κ3) is 5.30. The molecule has 4 rings (SSSR count). The maximum Gasteiger partial charge on any atom is 0.309 e. The number of H-pyrrole nitrogens is 1. The average molecular weight is 445 g/mol. The van der Waals surface area contributed by atoms with Crippen molar-refractivity contribution in [3.63, 3.8) is 0 Å². The van der Waals surface area contributed by atoms with Crippen LogP contribution >= 0.6 is 0 Å². The highest BCUT2D eigenvalue weighted by Gasteiger charge is 2.14. The van der Waals surface area contributed by atoms with E-state index in [0.717, 1.165) is 33.5 Å². The number of carboxylic acid groups (broad SMARTS) is 1. The SMILES string of the molecule is COc1ccc(CN(Cc2cccc([N+](=O)[O-])c2)c2ccc3[nH]c(CC(=O)O)cc3c2)cc1. The highest BCUT2D eigenvalue weighted by Crippen LogP contribution is 2.27. The van der Waals surface area contributed by atoms with Crippen LogP contribution in [0.4, 0.5) is 11.4 Å². The van der Waals surface area contributed by atoms with Crippen LogP contribution in [-0.4, -0.2) is 28.1 Å². The van der Waals surface area contributed by atoms with E-state index in [4.69, 9.17) is 9.84 Å². The van der Waals surface area contributed by atoms with E-state index in [-0.39, 0.29) is 12.1 Å². The van der Waals surface area contributed by atoms with Gasteiger partial charge in [0, 0.05) is 47.5 Å². The van der Waals surface area contributed by atoms with Crippen molar-refractivity contribution in [2.45, 2.75) is 19.5 Å². The maximum absolute atomic E-state index is 11.2. The average Bonchev–Trinajstić information content (AvgIpc) is 3.20. The highest BCUT2D eigenvalue weighted by atomic mass is 16.6. The molecule has 0 saturated carbocycles. The van der Waals surface area contributed by atoms with Crippen LogP contribution in [-0.2, 0) is 24.3 Å². The minimum atomic E-state index is -0.895. The first kappa shape index (κ1) is 21.9. The van der Waals surface area contributed by atoms with E-state index >= 15 is 0 Å². The molecule has 0 bridgehead atoms. The molecule has 2 N–H and O–H groups in total. The Kier molecular flexibility index (Phi) is 6.26. The number of anilines is 1. The number of nitro groups is 1. The Bertz CT molecular complexity index is 1300. The van der Waals surface area contributed by atoms with Crippen LogP contribution in [0.15, 0.2) is 72.8 Å². The van der Waals surface area contributed by atoms with E-state index in [2.05, 4.69) is 9.88 Å². The number of nitrogens with zero attached hydrogens (tertiary/aromatic N) is 2. The molecule has 33 heavy (non-hydrogen) atoms. The quantitative estimate of drug-likeness (QED) is 0.280. The van der Waals surface area contributed by atoms with Gasteiger partial charge in [-0.2, -0.15) is 0 Å². The van der Waals surface area contributed by atoms with E-state index < -0.39 is 10.9 Å². The number of aromatic amines is 1. The number of benzene rings is 3. The van der Waals surface area contributed by atoms with E-state index in [1.165, 1.54) is 6.07 Å². The fourth-order valence-electron chi connectivity index (χ4n) is 3.81. The number of fused-ring (bicyclic) bond motifs is 1. The van der Waals surface area contributed by atoms with E-state index in [9.17, 15) is 14.9 Å². The van der Waals surface area contributed by atoms with Crippen LogP contribution in [0.3, 0.4) is 0 Å². The smallest absolute Gasteiger partial charge is 0.309 e. The molecule has 8 nitrogen and oxygen atoms in total. The van der Waals surface area contributed by atoms with Gasteiger partial charge in [-0.05, 0) is 47.5 Å². The van der Waals surface area contributed by atoms with Gasteiger partial charge in [0.25, 0.3) is 5.69 Å². The van der Waals surface area contributed by atoms with Crippen LogP contribution in [0, 0.1) is 10.1 Å². The monoisotopic (exact) mass is 445 g/mol. The number of nitrogens with one attached hydrogen (secondary N) is 1. The van der Waals surface area contributed by atoms with Gasteiger partial charge in [0.1, 0.15) is 5.75 Å². The fourth-order valence-corrected chi connectivity index (χ4v) is 3.81. The van der Waals surface area contributed by atoms with Gasteiger partial charge in [-0.3, -0.25) is 14.9 Å². The zero-order valence-corrected chi connectivity index (χ0v) is 18.0. The Hall–Kier alpha value is -4.33. The molecule has 0 fully saturated rings. The molecule has 0 aliphatic heterocycles.